The fourth-order valence-corrected chi connectivity index (χ4v) is 3.02. The number of halogens is 4. The molecule has 0 atom stereocenters. The zero-order chi connectivity index (χ0) is 19.7. The third kappa shape index (κ3) is 4.10. The van der Waals surface area contributed by atoms with Crippen molar-refractivity contribution in [1.29, 1.82) is 0 Å². The molecule has 1 heterocycles. The lowest BCUT2D eigenvalue weighted by atomic mass is 10.1. The van der Waals surface area contributed by atoms with Crippen LogP contribution >= 0.6 is 22.6 Å². The summed E-state index contributed by atoms with van der Waals surface area (Å²) in [5, 5.41) is 11.0. The van der Waals surface area contributed by atoms with Crippen molar-refractivity contribution in [2.24, 2.45) is 0 Å². The van der Waals surface area contributed by atoms with Gasteiger partial charge in [0, 0.05) is 3.57 Å². The van der Waals surface area contributed by atoms with Crippen LogP contribution in [0.5, 0.6) is 0 Å². The number of likely N-dealkylation sites (tertiary alicyclic amines) is 1. The maximum Gasteiger partial charge on any atom is 0.506 e. The molecular weight excluding hydrogens is 480 g/mol. The van der Waals surface area contributed by atoms with Gasteiger partial charge >= 0.3 is 6.16 Å². The summed E-state index contributed by atoms with van der Waals surface area (Å²) in [6.45, 7) is -0.0249. The van der Waals surface area contributed by atoms with Gasteiger partial charge in [0.05, 0.1) is 30.0 Å². The van der Waals surface area contributed by atoms with Gasteiger partial charge in [-0.15, -0.1) is 0 Å². The van der Waals surface area contributed by atoms with Gasteiger partial charge in [-0.05, 0) is 52.9 Å². The molecule has 0 aliphatic carbocycles. The van der Waals surface area contributed by atoms with E-state index in [0.29, 0.717) is 3.57 Å². The summed E-state index contributed by atoms with van der Waals surface area (Å²) in [5.74, 6) is -3.87. The molecule has 1 aliphatic heterocycles. The second-order valence-electron chi connectivity index (χ2n) is 5.75. The predicted octanol–water partition coefficient (Wildman–Crippen LogP) is 3.97. The largest absolute Gasteiger partial charge is 0.506 e. The van der Waals surface area contributed by atoms with E-state index < -0.39 is 41.3 Å². The average Bonchev–Trinajstić information content (AvgIpc) is 2.56. The molecule has 142 valence electrons. The van der Waals surface area contributed by atoms with Crippen LogP contribution in [0.2, 0.25) is 0 Å². The Bertz CT molecular complexity index is 919. The lowest BCUT2D eigenvalue weighted by Gasteiger charge is -2.38. The van der Waals surface area contributed by atoms with Crippen LogP contribution in [0.3, 0.4) is 0 Å². The minimum Gasteiger partial charge on any atom is -0.450 e. The van der Waals surface area contributed by atoms with Crippen LogP contribution in [-0.2, 0) is 4.74 Å². The normalized spacial score (nSPS) is 13.9. The Balaban J connectivity index is 1.87. The molecule has 27 heavy (non-hydrogen) atoms. The van der Waals surface area contributed by atoms with Crippen LogP contribution in [0, 0.1) is 21.0 Å². The number of hydrogen-bond acceptors (Lipinski definition) is 4. The van der Waals surface area contributed by atoms with Crippen LogP contribution in [0.4, 0.5) is 29.3 Å². The van der Waals surface area contributed by atoms with Gasteiger partial charge < -0.3 is 20.1 Å². The molecule has 0 saturated carbocycles. The highest BCUT2D eigenvalue weighted by Gasteiger charge is 2.35. The Morgan fingerprint density at radius 3 is 2.48 bits per heavy atom. The maximum atomic E-state index is 14.3. The van der Waals surface area contributed by atoms with Gasteiger partial charge in [0.1, 0.15) is 11.9 Å². The number of hydrogen-bond donors (Lipinski definition) is 2. The summed E-state index contributed by atoms with van der Waals surface area (Å²) in [6.07, 6.45) is -2.14. The SMILES string of the molecule is O=C(O)OC1CN(C(=O)c2ccc(F)c(F)c2Nc2ccc(I)cc2F)C1. The fourth-order valence-electron chi connectivity index (χ4n) is 2.57. The standard InChI is InChI=1S/C17H12F3IN2O4/c18-11-3-2-10(16(24)23-6-9(7-23)27-17(25)26)15(14(11)20)22-13-4-1-8(21)5-12(13)19/h1-5,9,22H,6-7H2,(H,25,26). The monoisotopic (exact) mass is 492 g/mol. The molecule has 6 nitrogen and oxygen atoms in total. The van der Waals surface area contributed by atoms with E-state index in [1.807, 2.05) is 22.6 Å². The van der Waals surface area contributed by atoms with E-state index in [1.54, 1.807) is 6.07 Å². The summed E-state index contributed by atoms with van der Waals surface area (Å²) in [6, 6.07) is 5.98. The zero-order valence-electron chi connectivity index (χ0n) is 13.5. The predicted molar refractivity (Wildman–Crippen MR) is 97.6 cm³/mol. The number of carbonyl (C=O) groups excluding carboxylic acids is 1. The Morgan fingerprint density at radius 2 is 1.85 bits per heavy atom. The van der Waals surface area contributed by atoms with Gasteiger partial charge in [-0.25, -0.2) is 18.0 Å². The lowest BCUT2D eigenvalue weighted by molar-refractivity contribution is -0.0244. The van der Waals surface area contributed by atoms with Crippen molar-refractivity contribution < 1.29 is 32.6 Å². The van der Waals surface area contributed by atoms with Crippen LogP contribution in [0.25, 0.3) is 0 Å². The van der Waals surface area contributed by atoms with E-state index in [1.165, 1.54) is 17.0 Å². The van der Waals surface area contributed by atoms with Crippen LogP contribution in [0.15, 0.2) is 30.3 Å². The number of benzene rings is 2. The number of carbonyl (C=O) groups is 2. The van der Waals surface area contributed by atoms with Gasteiger partial charge in [0.2, 0.25) is 0 Å². The van der Waals surface area contributed by atoms with E-state index in [2.05, 4.69) is 10.1 Å². The maximum absolute atomic E-state index is 14.3. The number of nitrogens with one attached hydrogen (secondary N) is 1. The van der Waals surface area contributed by atoms with Gasteiger partial charge in [-0.1, -0.05) is 0 Å². The van der Waals surface area contributed by atoms with Crippen molar-refractivity contribution in [2.75, 3.05) is 18.4 Å². The molecule has 1 fully saturated rings. The summed E-state index contributed by atoms with van der Waals surface area (Å²) < 4.78 is 47.2. The van der Waals surface area contributed by atoms with Gasteiger partial charge in [-0.3, -0.25) is 4.79 Å². The number of nitrogens with zero attached hydrogens (tertiary/aromatic N) is 1. The lowest BCUT2D eigenvalue weighted by Crippen LogP contribution is -2.55. The summed E-state index contributed by atoms with van der Waals surface area (Å²) >= 11 is 1.90. The van der Waals surface area contributed by atoms with Crippen molar-refractivity contribution in [1.82, 2.24) is 4.90 Å². The highest BCUT2D eigenvalue weighted by Crippen LogP contribution is 2.30. The van der Waals surface area contributed by atoms with Crippen molar-refractivity contribution in [3.05, 3.63) is 56.9 Å². The first-order chi connectivity index (χ1) is 12.8. The molecule has 1 amide bonds. The molecule has 10 heteroatoms. The Labute approximate surface area is 165 Å². The number of rotatable bonds is 4. The molecule has 2 aromatic carbocycles. The second-order valence-corrected chi connectivity index (χ2v) is 6.99. The Morgan fingerprint density at radius 1 is 1.15 bits per heavy atom. The van der Waals surface area contributed by atoms with Crippen LogP contribution < -0.4 is 5.32 Å². The molecule has 1 aliphatic rings. The summed E-state index contributed by atoms with van der Waals surface area (Å²) in [5.41, 5.74) is -0.826. The van der Waals surface area contributed by atoms with E-state index in [0.717, 1.165) is 12.1 Å². The molecule has 1 saturated heterocycles. The third-order valence-electron chi connectivity index (χ3n) is 3.92. The summed E-state index contributed by atoms with van der Waals surface area (Å²) in [7, 11) is 0. The topological polar surface area (TPSA) is 78.9 Å². The number of carboxylic acid groups (broad SMARTS) is 1. The number of anilines is 2. The molecule has 0 radical (unpaired) electrons. The van der Waals surface area contributed by atoms with E-state index in [9.17, 15) is 22.8 Å². The highest BCUT2D eigenvalue weighted by atomic mass is 127. The van der Waals surface area contributed by atoms with Crippen LogP contribution in [-0.4, -0.2) is 41.3 Å². The molecule has 0 spiro atoms. The average molecular weight is 492 g/mol. The van der Waals surface area contributed by atoms with Gasteiger partial charge in [0.15, 0.2) is 11.6 Å². The molecule has 2 aromatic rings. The first-order valence-corrected chi connectivity index (χ1v) is 8.73. The Kier molecular flexibility index (Phi) is 5.44. The second kappa shape index (κ2) is 7.62. The number of amides is 1. The minimum absolute atomic E-state index is 0.0124. The van der Waals surface area contributed by atoms with Gasteiger partial charge in [-0.2, -0.15) is 0 Å². The Hall–Kier alpha value is -2.50. The zero-order valence-corrected chi connectivity index (χ0v) is 15.7. The third-order valence-corrected chi connectivity index (χ3v) is 4.59. The number of ether oxygens (including phenoxy) is 1. The van der Waals surface area contributed by atoms with E-state index in [4.69, 9.17) is 5.11 Å². The summed E-state index contributed by atoms with van der Waals surface area (Å²) in [4.78, 5) is 24.3. The highest BCUT2D eigenvalue weighted by molar-refractivity contribution is 14.1. The van der Waals surface area contributed by atoms with Crippen LogP contribution in [0.1, 0.15) is 10.4 Å². The van der Waals surface area contributed by atoms with Gasteiger partial charge in [0.25, 0.3) is 5.91 Å². The molecule has 3 rings (SSSR count). The fraction of sp³-hybridized carbons (Fsp3) is 0.176. The first-order valence-electron chi connectivity index (χ1n) is 7.65. The molecule has 0 aromatic heterocycles. The van der Waals surface area contributed by atoms with Crippen molar-refractivity contribution in [3.63, 3.8) is 0 Å². The molecular formula is C17H12F3IN2O4. The minimum atomic E-state index is -1.46. The molecule has 2 N–H and O–H groups in total. The molecule has 0 bridgehead atoms. The molecule has 0 unspecified atom stereocenters. The van der Waals surface area contributed by atoms with Crippen molar-refractivity contribution in [3.8, 4) is 0 Å². The van der Waals surface area contributed by atoms with Crippen molar-refractivity contribution in [2.45, 2.75) is 6.10 Å². The first kappa shape index (κ1) is 19.3. The van der Waals surface area contributed by atoms with E-state index in [-0.39, 0.29) is 24.3 Å². The quantitative estimate of drug-likeness (QED) is 0.499. The van der Waals surface area contributed by atoms with Crippen molar-refractivity contribution >= 4 is 46.0 Å². The van der Waals surface area contributed by atoms with E-state index >= 15 is 0 Å². The smallest absolute Gasteiger partial charge is 0.450 e.